The van der Waals surface area contributed by atoms with Gasteiger partial charge in [-0.05, 0) is 17.1 Å². The van der Waals surface area contributed by atoms with Crippen LogP contribution in [0.1, 0.15) is 0 Å². The van der Waals surface area contributed by atoms with Gasteiger partial charge in [0.2, 0.25) is 5.91 Å². The van der Waals surface area contributed by atoms with Crippen LogP contribution in [0.5, 0.6) is 0 Å². The Bertz CT molecular complexity index is 625. The van der Waals surface area contributed by atoms with E-state index in [9.17, 15) is 4.79 Å². The van der Waals surface area contributed by atoms with E-state index in [1.807, 2.05) is 37.4 Å². The summed E-state index contributed by atoms with van der Waals surface area (Å²) in [6, 6.07) is 9.96. The lowest BCUT2D eigenvalue weighted by Crippen LogP contribution is -2.48. The van der Waals surface area contributed by atoms with Crippen LogP contribution in [-0.4, -0.2) is 41.9 Å². The molecule has 0 unspecified atom stereocenters. The molecule has 0 aliphatic carbocycles. The number of benzene rings is 1. The van der Waals surface area contributed by atoms with Crippen molar-refractivity contribution < 1.29 is 4.79 Å². The van der Waals surface area contributed by atoms with E-state index in [-0.39, 0.29) is 5.91 Å². The Labute approximate surface area is 121 Å². The van der Waals surface area contributed by atoms with Crippen LogP contribution in [0.2, 0.25) is 0 Å². The summed E-state index contributed by atoms with van der Waals surface area (Å²) in [6.45, 7) is 1.92. The summed E-state index contributed by atoms with van der Waals surface area (Å²) in [7, 11) is 1.83. The number of hydrogen-bond acceptors (Lipinski definition) is 5. The zero-order valence-electron chi connectivity index (χ0n) is 11.2. The molecule has 1 aromatic carbocycles. The van der Waals surface area contributed by atoms with Gasteiger partial charge in [-0.1, -0.05) is 30.3 Å². The van der Waals surface area contributed by atoms with E-state index in [4.69, 9.17) is 5.73 Å². The Morgan fingerprint density at radius 2 is 2.00 bits per heavy atom. The normalized spacial score (nSPS) is 15.8. The number of aromatic nitrogens is 1. The monoisotopic (exact) mass is 288 g/mol. The number of anilines is 2. The van der Waals surface area contributed by atoms with Gasteiger partial charge in [0.25, 0.3) is 0 Å². The average molecular weight is 288 g/mol. The molecule has 104 valence electrons. The van der Waals surface area contributed by atoms with Crippen molar-refractivity contribution in [1.82, 2.24) is 9.27 Å². The molecule has 20 heavy (non-hydrogen) atoms. The molecule has 5 nitrogen and oxygen atoms in total. The summed E-state index contributed by atoms with van der Waals surface area (Å²) in [5, 5.41) is 0.982. The maximum Gasteiger partial charge on any atom is 0.241 e. The summed E-state index contributed by atoms with van der Waals surface area (Å²) in [5.41, 5.74) is 8.00. The molecule has 1 amide bonds. The lowest BCUT2D eigenvalue weighted by Gasteiger charge is -2.32. The molecule has 0 atom stereocenters. The third-order valence-electron chi connectivity index (χ3n) is 3.51. The molecule has 1 fully saturated rings. The smallest absolute Gasteiger partial charge is 0.241 e. The molecule has 0 spiro atoms. The van der Waals surface area contributed by atoms with Gasteiger partial charge in [-0.15, -0.1) is 0 Å². The van der Waals surface area contributed by atoms with Crippen molar-refractivity contribution in [3.8, 4) is 11.1 Å². The van der Waals surface area contributed by atoms with Crippen LogP contribution < -0.4 is 10.6 Å². The fourth-order valence-corrected chi connectivity index (χ4v) is 3.18. The highest BCUT2D eigenvalue weighted by Crippen LogP contribution is 2.39. The fourth-order valence-electron chi connectivity index (χ4n) is 2.32. The largest absolute Gasteiger partial charge is 0.382 e. The second-order valence-corrected chi connectivity index (χ2v) is 5.60. The van der Waals surface area contributed by atoms with Gasteiger partial charge >= 0.3 is 0 Å². The first kappa shape index (κ1) is 12.9. The molecule has 3 rings (SSSR count). The van der Waals surface area contributed by atoms with Gasteiger partial charge in [-0.3, -0.25) is 4.79 Å². The lowest BCUT2D eigenvalue weighted by atomic mass is 10.1. The lowest BCUT2D eigenvalue weighted by molar-refractivity contribution is -0.129. The standard InChI is InChI=1S/C14H16N4OS/c1-17-7-8-18(9-11(17)19)14-12(13(15)16-20-14)10-5-3-2-4-6-10/h2-6H,7-9H2,1H3,(H2,15,16). The first-order valence-corrected chi connectivity index (χ1v) is 7.23. The van der Waals surface area contributed by atoms with E-state index in [0.29, 0.717) is 12.4 Å². The summed E-state index contributed by atoms with van der Waals surface area (Å²) in [6.07, 6.45) is 0. The van der Waals surface area contributed by atoms with Gasteiger partial charge in [-0.25, -0.2) is 0 Å². The Kier molecular flexibility index (Phi) is 3.31. The SMILES string of the molecule is CN1CCN(c2snc(N)c2-c2ccccc2)CC1=O. The predicted molar refractivity (Wildman–Crippen MR) is 81.8 cm³/mol. The zero-order chi connectivity index (χ0) is 14.1. The second-order valence-electron chi connectivity index (χ2n) is 4.85. The van der Waals surface area contributed by atoms with Crippen molar-refractivity contribution in [2.45, 2.75) is 0 Å². The van der Waals surface area contributed by atoms with Crippen LogP contribution in [0.25, 0.3) is 11.1 Å². The minimum absolute atomic E-state index is 0.127. The summed E-state index contributed by atoms with van der Waals surface area (Å²) in [4.78, 5) is 15.7. The van der Waals surface area contributed by atoms with Gasteiger partial charge in [0.15, 0.2) is 0 Å². The van der Waals surface area contributed by atoms with Gasteiger partial charge in [0, 0.05) is 20.1 Å². The molecular formula is C14H16N4OS. The quantitative estimate of drug-likeness (QED) is 0.913. The molecule has 2 heterocycles. The van der Waals surface area contributed by atoms with Crippen molar-refractivity contribution in [2.75, 3.05) is 37.3 Å². The number of nitrogen functional groups attached to an aromatic ring is 1. The van der Waals surface area contributed by atoms with Crippen LogP contribution in [0.3, 0.4) is 0 Å². The number of nitrogens with two attached hydrogens (primary N) is 1. The van der Waals surface area contributed by atoms with Crippen LogP contribution >= 0.6 is 11.5 Å². The molecule has 1 aromatic heterocycles. The maximum absolute atomic E-state index is 11.9. The molecule has 0 radical (unpaired) electrons. The number of amides is 1. The maximum atomic E-state index is 11.9. The van der Waals surface area contributed by atoms with Crippen molar-refractivity contribution in [1.29, 1.82) is 0 Å². The van der Waals surface area contributed by atoms with E-state index < -0.39 is 0 Å². The Morgan fingerprint density at radius 1 is 1.25 bits per heavy atom. The van der Waals surface area contributed by atoms with Crippen molar-refractivity contribution in [2.24, 2.45) is 0 Å². The highest BCUT2D eigenvalue weighted by Gasteiger charge is 2.26. The Balaban J connectivity index is 1.98. The highest BCUT2D eigenvalue weighted by atomic mass is 32.1. The molecule has 0 bridgehead atoms. The first-order valence-electron chi connectivity index (χ1n) is 6.46. The Morgan fingerprint density at radius 3 is 2.70 bits per heavy atom. The molecule has 1 saturated heterocycles. The number of rotatable bonds is 2. The molecular weight excluding hydrogens is 272 g/mol. The predicted octanol–water partition coefficient (Wildman–Crippen LogP) is 1.67. The number of likely N-dealkylation sites (N-methyl/N-ethyl adjacent to an activating group) is 1. The number of hydrogen-bond donors (Lipinski definition) is 1. The van der Waals surface area contributed by atoms with Gasteiger partial charge in [-0.2, -0.15) is 4.37 Å². The fraction of sp³-hybridized carbons (Fsp3) is 0.286. The van der Waals surface area contributed by atoms with Crippen molar-refractivity contribution in [3.05, 3.63) is 30.3 Å². The molecule has 6 heteroatoms. The van der Waals surface area contributed by atoms with Crippen molar-refractivity contribution in [3.63, 3.8) is 0 Å². The van der Waals surface area contributed by atoms with Crippen LogP contribution in [-0.2, 0) is 4.79 Å². The Hall–Kier alpha value is -2.08. The van der Waals surface area contributed by atoms with Crippen LogP contribution in [0.15, 0.2) is 30.3 Å². The van der Waals surface area contributed by atoms with Gasteiger partial charge in [0.05, 0.1) is 12.1 Å². The van der Waals surface area contributed by atoms with Gasteiger partial charge < -0.3 is 15.5 Å². The third kappa shape index (κ3) is 2.22. The molecule has 2 N–H and O–H groups in total. The van der Waals surface area contributed by atoms with Crippen molar-refractivity contribution >= 4 is 28.3 Å². The molecule has 1 aliphatic heterocycles. The first-order chi connectivity index (χ1) is 9.66. The second kappa shape index (κ2) is 5.13. The number of nitrogens with zero attached hydrogens (tertiary/aromatic N) is 3. The number of piperazine rings is 1. The van der Waals surface area contributed by atoms with E-state index in [1.165, 1.54) is 11.5 Å². The molecule has 0 saturated carbocycles. The van der Waals surface area contributed by atoms with Crippen LogP contribution in [0, 0.1) is 0 Å². The number of carbonyl (C=O) groups excluding carboxylic acids is 1. The number of carbonyl (C=O) groups is 1. The summed E-state index contributed by atoms with van der Waals surface area (Å²) in [5.74, 6) is 0.657. The minimum atomic E-state index is 0.127. The van der Waals surface area contributed by atoms with E-state index in [0.717, 1.165) is 29.2 Å². The van der Waals surface area contributed by atoms with Crippen LogP contribution in [0.4, 0.5) is 10.8 Å². The van der Waals surface area contributed by atoms with E-state index >= 15 is 0 Å². The minimum Gasteiger partial charge on any atom is -0.382 e. The molecule has 1 aliphatic rings. The average Bonchev–Trinajstić information content (AvgIpc) is 2.85. The molecule has 2 aromatic rings. The zero-order valence-corrected chi connectivity index (χ0v) is 12.1. The highest BCUT2D eigenvalue weighted by molar-refractivity contribution is 7.11. The topological polar surface area (TPSA) is 62.5 Å². The van der Waals surface area contributed by atoms with E-state index in [1.54, 1.807) is 4.90 Å². The van der Waals surface area contributed by atoms with Gasteiger partial charge in [0.1, 0.15) is 10.8 Å². The van der Waals surface area contributed by atoms with E-state index in [2.05, 4.69) is 9.27 Å². The third-order valence-corrected chi connectivity index (χ3v) is 4.43. The summed E-state index contributed by atoms with van der Waals surface area (Å²) >= 11 is 1.36. The summed E-state index contributed by atoms with van der Waals surface area (Å²) < 4.78 is 4.27.